The van der Waals surface area contributed by atoms with Crippen LogP contribution in [0.1, 0.15) is 19.4 Å². The third kappa shape index (κ3) is 3.61. The van der Waals surface area contributed by atoms with E-state index in [-0.39, 0.29) is 0 Å². The molecule has 0 saturated carbocycles. The summed E-state index contributed by atoms with van der Waals surface area (Å²) < 4.78 is 0. The molecule has 0 aromatic heterocycles. The number of nitrogens with zero attached hydrogens (tertiary/aromatic N) is 1. The maximum Gasteiger partial charge on any atom is 0.321 e. The summed E-state index contributed by atoms with van der Waals surface area (Å²) in [4.78, 5) is 13.2. The van der Waals surface area contributed by atoms with Crippen molar-refractivity contribution in [1.29, 1.82) is 0 Å². The molecule has 0 saturated heterocycles. The largest absolute Gasteiger partial charge is 0.480 e. The Kier molecular flexibility index (Phi) is 5.93. The van der Waals surface area contributed by atoms with Gasteiger partial charge in [-0.2, -0.15) is 0 Å². The van der Waals surface area contributed by atoms with Gasteiger partial charge in [-0.05, 0) is 24.7 Å². The van der Waals surface area contributed by atoms with Crippen molar-refractivity contribution in [3.05, 3.63) is 33.8 Å². The topological polar surface area (TPSA) is 40.5 Å². The molecule has 0 spiro atoms. The van der Waals surface area contributed by atoms with E-state index in [4.69, 9.17) is 23.2 Å². The van der Waals surface area contributed by atoms with E-state index in [0.29, 0.717) is 29.6 Å². The van der Waals surface area contributed by atoms with E-state index in [0.717, 1.165) is 5.56 Å². The molecular weight excluding hydrogens is 273 g/mol. The monoisotopic (exact) mass is 289 g/mol. The molecule has 5 heteroatoms. The van der Waals surface area contributed by atoms with Crippen molar-refractivity contribution < 1.29 is 9.90 Å². The van der Waals surface area contributed by atoms with Gasteiger partial charge in [0.2, 0.25) is 0 Å². The smallest absolute Gasteiger partial charge is 0.321 e. The summed E-state index contributed by atoms with van der Waals surface area (Å²) in [6.45, 7) is 5.26. The highest BCUT2D eigenvalue weighted by Crippen LogP contribution is 2.27. The molecule has 0 radical (unpaired) electrons. The van der Waals surface area contributed by atoms with Crippen molar-refractivity contribution in [2.24, 2.45) is 0 Å². The molecule has 18 heavy (non-hydrogen) atoms. The van der Waals surface area contributed by atoms with Crippen LogP contribution in [-0.4, -0.2) is 35.1 Å². The van der Waals surface area contributed by atoms with Crippen LogP contribution in [0.15, 0.2) is 18.2 Å². The van der Waals surface area contributed by atoms with E-state index in [1.165, 1.54) is 0 Å². The number of carboxylic acid groups (broad SMARTS) is 1. The number of carboxylic acids is 1. The van der Waals surface area contributed by atoms with Gasteiger partial charge in [-0.1, -0.05) is 49.2 Å². The van der Waals surface area contributed by atoms with E-state index in [2.05, 4.69) is 0 Å². The molecule has 1 N–H and O–H groups in total. The average molecular weight is 290 g/mol. The normalized spacial score (nSPS) is 12.7. The first kappa shape index (κ1) is 15.3. The molecule has 0 aliphatic rings. The van der Waals surface area contributed by atoms with Gasteiger partial charge in [0.25, 0.3) is 0 Å². The van der Waals surface area contributed by atoms with Gasteiger partial charge in [0.1, 0.15) is 6.04 Å². The van der Waals surface area contributed by atoms with E-state index < -0.39 is 12.0 Å². The lowest BCUT2D eigenvalue weighted by molar-refractivity contribution is -0.143. The Morgan fingerprint density at radius 3 is 2.44 bits per heavy atom. The molecule has 3 nitrogen and oxygen atoms in total. The van der Waals surface area contributed by atoms with Crippen LogP contribution in [0.3, 0.4) is 0 Å². The highest BCUT2D eigenvalue weighted by molar-refractivity contribution is 6.42. The number of hydrogen-bond acceptors (Lipinski definition) is 2. The second kappa shape index (κ2) is 6.98. The number of benzene rings is 1. The van der Waals surface area contributed by atoms with Crippen LogP contribution < -0.4 is 0 Å². The van der Waals surface area contributed by atoms with E-state index >= 15 is 0 Å². The molecule has 0 aliphatic heterocycles. The minimum atomic E-state index is -0.838. The SMILES string of the molecule is CCN(CC)[C@H](Cc1cccc(Cl)c1Cl)C(=O)O. The lowest BCUT2D eigenvalue weighted by Gasteiger charge is -2.26. The third-order valence-electron chi connectivity index (χ3n) is 2.98. The summed E-state index contributed by atoms with van der Waals surface area (Å²) >= 11 is 12.0. The molecule has 1 atom stereocenters. The van der Waals surface area contributed by atoms with Gasteiger partial charge in [0.05, 0.1) is 10.0 Å². The zero-order chi connectivity index (χ0) is 13.7. The van der Waals surface area contributed by atoms with Gasteiger partial charge in [-0.25, -0.2) is 0 Å². The summed E-state index contributed by atoms with van der Waals surface area (Å²) in [7, 11) is 0. The quantitative estimate of drug-likeness (QED) is 0.873. The van der Waals surface area contributed by atoms with Crippen LogP contribution in [0.5, 0.6) is 0 Å². The lowest BCUT2D eigenvalue weighted by Crippen LogP contribution is -2.42. The van der Waals surface area contributed by atoms with Gasteiger partial charge in [0, 0.05) is 6.42 Å². The van der Waals surface area contributed by atoms with Crippen molar-refractivity contribution in [2.45, 2.75) is 26.3 Å². The molecule has 1 aromatic carbocycles. The summed E-state index contributed by atoms with van der Waals surface area (Å²) in [5.74, 6) is -0.838. The predicted molar refractivity (Wildman–Crippen MR) is 74.5 cm³/mol. The molecule has 0 aliphatic carbocycles. The number of rotatable bonds is 6. The fourth-order valence-corrected chi connectivity index (χ4v) is 2.35. The Balaban J connectivity index is 2.97. The first-order valence-electron chi connectivity index (χ1n) is 5.91. The van der Waals surface area contributed by atoms with Crippen LogP contribution in [0.4, 0.5) is 0 Å². The fourth-order valence-electron chi connectivity index (χ4n) is 1.95. The van der Waals surface area contributed by atoms with Gasteiger partial charge in [-0.15, -0.1) is 0 Å². The number of carbonyl (C=O) groups is 1. The zero-order valence-electron chi connectivity index (χ0n) is 10.5. The van der Waals surface area contributed by atoms with Gasteiger partial charge in [-0.3, -0.25) is 9.69 Å². The number of aliphatic carboxylic acids is 1. The Bertz CT molecular complexity index is 419. The van der Waals surface area contributed by atoms with Crippen LogP contribution in [-0.2, 0) is 11.2 Å². The summed E-state index contributed by atoms with van der Waals surface area (Å²) in [5.41, 5.74) is 0.767. The van der Waals surface area contributed by atoms with Gasteiger partial charge < -0.3 is 5.11 Å². The van der Waals surface area contributed by atoms with Crippen LogP contribution in [0.25, 0.3) is 0 Å². The molecule has 100 valence electrons. The lowest BCUT2D eigenvalue weighted by atomic mass is 10.0. The molecule has 1 aromatic rings. The standard InChI is InChI=1S/C13H17Cl2NO2/c1-3-16(4-2)11(13(17)18)8-9-6-5-7-10(14)12(9)15/h5-7,11H,3-4,8H2,1-2H3,(H,17,18)/t11-/m1/s1. The molecule has 0 unspecified atom stereocenters. The fraction of sp³-hybridized carbons (Fsp3) is 0.462. The Hall–Kier alpha value is -0.770. The van der Waals surface area contributed by atoms with Crippen molar-refractivity contribution in [3.63, 3.8) is 0 Å². The molecular formula is C13H17Cl2NO2. The van der Waals surface area contributed by atoms with Gasteiger partial charge in [0.15, 0.2) is 0 Å². The second-order valence-electron chi connectivity index (χ2n) is 3.99. The minimum Gasteiger partial charge on any atom is -0.480 e. The minimum absolute atomic E-state index is 0.358. The van der Waals surface area contributed by atoms with Gasteiger partial charge >= 0.3 is 5.97 Å². The molecule has 0 amide bonds. The first-order chi connectivity index (χ1) is 8.51. The zero-order valence-corrected chi connectivity index (χ0v) is 12.0. The number of likely N-dealkylation sites (N-methyl/N-ethyl adjacent to an activating group) is 1. The van der Waals surface area contributed by atoms with E-state index in [1.807, 2.05) is 24.8 Å². The number of hydrogen-bond donors (Lipinski definition) is 1. The van der Waals surface area contributed by atoms with Crippen LogP contribution >= 0.6 is 23.2 Å². The Labute approximate surface area is 117 Å². The Morgan fingerprint density at radius 1 is 1.33 bits per heavy atom. The van der Waals surface area contributed by atoms with E-state index in [1.54, 1.807) is 12.1 Å². The Morgan fingerprint density at radius 2 is 1.94 bits per heavy atom. The van der Waals surface area contributed by atoms with Crippen molar-refractivity contribution >= 4 is 29.2 Å². The number of halogens is 2. The maximum atomic E-state index is 11.3. The molecule has 0 heterocycles. The summed E-state index contributed by atoms with van der Waals surface area (Å²) in [5, 5.41) is 10.2. The summed E-state index contributed by atoms with van der Waals surface area (Å²) in [6.07, 6.45) is 0.358. The van der Waals surface area contributed by atoms with Crippen LogP contribution in [0.2, 0.25) is 10.0 Å². The van der Waals surface area contributed by atoms with Crippen molar-refractivity contribution in [3.8, 4) is 0 Å². The second-order valence-corrected chi connectivity index (χ2v) is 4.78. The summed E-state index contributed by atoms with van der Waals surface area (Å²) in [6, 6.07) is 4.72. The first-order valence-corrected chi connectivity index (χ1v) is 6.66. The van der Waals surface area contributed by atoms with E-state index in [9.17, 15) is 9.90 Å². The highest BCUT2D eigenvalue weighted by Gasteiger charge is 2.24. The highest BCUT2D eigenvalue weighted by atomic mass is 35.5. The van der Waals surface area contributed by atoms with Crippen molar-refractivity contribution in [1.82, 2.24) is 4.90 Å². The van der Waals surface area contributed by atoms with Crippen molar-refractivity contribution in [2.75, 3.05) is 13.1 Å². The molecule has 0 fully saturated rings. The molecule has 0 bridgehead atoms. The molecule has 1 rings (SSSR count). The average Bonchev–Trinajstić information content (AvgIpc) is 2.34. The van der Waals surface area contributed by atoms with Crippen LogP contribution in [0, 0.1) is 0 Å². The maximum absolute atomic E-state index is 11.3. The third-order valence-corrected chi connectivity index (χ3v) is 3.84. The predicted octanol–water partition coefficient (Wildman–Crippen LogP) is 3.33.